The van der Waals surface area contributed by atoms with Gasteiger partial charge in [0.15, 0.2) is 5.13 Å². The van der Waals surface area contributed by atoms with Crippen molar-refractivity contribution in [3.63, 3.8) is 0 Å². The highest BCUT2D eigenvalue weighted by atomic mass is 32.1. The van der Waals surface area contributed by atoms with E-state index < -0.39 is 0 Å². The molecule has 0 aromatic carbocycles. The Bertz CT molecular complexity index is 508. The van der Waals surface area contributed by atoms with E-state index >= 15 is 0 Å². The van der Waals surface area contributed by atoms with Gasteiger partial charge in [0.1, 0.15) is 0 Å². The molecule has 0 fully saturated rings. The van der Waals surface area contributed by atoms with Crippen LogP contribution in [0.25, 0.3) is 0 Å². The van der Waals surface area contributed by atoms with Crippen LogP contribution in [0.2, 0.25) is 0 Å². The van der Waals surface area contributed by atoms with E-state index in [1.807, 2.05) is 19.0 Å². The Morgan fingerprint density at radius 2 is 2.26 bits per heavy atom. The lowest BCUT2D eigenvalue weighted by Gasteiger charge is -2.11. The van der Waals surface area contributed by atoms with Gasteiger partial charge in [-0.15, -0.1) is 11.3 Å². The van der Waals surface area contributed by atoms with Gasteiger partial charge in [0.05, 0.1) is 12.0 Å². The SMILES string of the molecule is COc1nc(N(C)C)sc1CN[C@H](C)c1cccs1. The first-order chi connectivity index (χ1) is 9.11. The van der Waals surface area contributed by atoms with Gasteiger partial charge < -0.3 is 15.0 Å². The van der Waals surface area contributed by atoms with Crippen LogP contribution >= 0.6 is 22.7 Å². The molecule has 4 nitrogen and oxygen atoms in total. The maximum absolute atomic E-state index is 5.33. The largest absolute Gasteiger partial charge is 0.480 e. The van der Waals surface area contributed by atoms with Crippen molar-refractivity contribution in [1.82, 2.24) is 10.3 Å². The van der Waals surface area contributed by atoms with Crippen molar-refractivity contribution in [3.8, 4) is 5.88 Å². The van der Waals surface area contributed by atoms with Crippen molar-refractivity contribution < 1.29 is 4.74 Å². The van der Waals surface area contributed by atoms with Gasteiger partial charge in [-0.3, -0.25) is 0 Å². The fourth-order valence-corrected chi connectivity index (χ4v) is 3.33. The molecule has 0 amide bonds. The number of anilines is 1. The first-order valence-corrected chi connectivity index (χ1v) is 7.79. The van der Waals surface area contributed by atoms with E-state index in [2.05, 4.69) is 34.7 Å². The highest BCUT2D eigenvalue weighted by Gasteiger charge is 2.14. The highest BCUT2D eigenvalue weighted by molar-refractivity contribution is 7.15. The van der Waals surface area contributed by atoms with Crippen LogP contribution in [0.5, 0.6) is 5.88 Å². The number of nitrogens with zero attached hydrogens (tertiary/aromatic N) is 2. The first kappa shape index (κ1) is 14.3. The summed E-state index contributed by atoms with van der Waals surface area (Å²) in [5.41, 5.74) is 0. The van der Waals surface area contributed by atoms with Gasteiger partial charge in [-0.2, -0.15) is 4.98 Å². The Labute approximate surface area is 122 Å². The molecule has 2 heterocycles. The summed E-state index contributed by atoms with van der Waals surface area (Å²) in [5, 5.41) is 6.58. The Morgan fingerprint density at radius 3 is 2.84 bits per heavy atom. The molecule has 0 bridgehead atoms. The van der Waals surface area contributed by atoms with E-state index in [9.17, 15) is 0 Å². The lowest BCUT2D eigenvalue weighted by molar-refractivity contribution is 0.393. The summed E-state index contributed by atoms with van der Waals surface area (Å²) in [7, 11) is 5.65. The van der Waals surface area contributed by atoms with Crippen molar-refractivity contribution in [1.29, 1.82) is 0 Å². The van der Waals surface area contributed by atoms with E-state index in [1.165, 1.54) is 4.88 Å². The topological polar surface area (TPSA) is 37.4 Å². The van der Waals surface area contributed by atoms with Gasteiger partial charge in [-0.05, 0) is 18.4 Å². The summed E-state index contributed by atoms with van der Waals surface area (Å²) in [5.74, 6) is 0.722. The molecule has 0 aliphatic heterocycles. The van der Waals surface area contributed by atoms with Gasteiger partial charge in [0, 0.05) is 31.6 Å². The molecule has 0 unspecified atom stereocenters. The number of ether oxygens (including phenoxy) is 1. The maximum atomic E-state index is 5.33. The monoisotopic (exact) mass is 297 g/mol. The maximum Gasteiger partial charge on any atom is 0.230 e. The standard InChI is InChI=1S/C13H19N3OS2/c1-9(10-6-5-7-18-10)14-8-11-12(17-4)15-13(19-11)16(2)3/h5-7,9,14H,8H2,1-4H3/t9-/m1/s1. The molecule has 0 spiro atoms. The highest BCUT2D eigenvalue weighted by Crippen LogP contribution is 2.31. The zero-order valence-electron chi connectivity index (χ0n) is 11.6. The van der Waals surface area contributed by atoms with Crippen LogP contribution in [-0.4, -0.2) is 26.2 Å². The molecule has 104 valence electrons. The van der Waals surface area contributed by atoms with Crippen LogP contribution in [-0.2, 0) is 6.54 Å². The fraction of sp³-hybridized carbons (Fsp3) is 0.462. The van der Waals surface area contributed by atoms with Crippen LogP contribution in [0.1, 0.15) is 22.7 Å². The number of nitrogens with one attached hydrogen (secondary N) is 1. The van der Waals surface area contributed by atoms with Crippen LogP contribution in [0.15, 0.2) is 17.5 Å². The normalized spacial score (nSPS) is 12.4. The second kappa shape index (κ2) is 6.36. The summed E-state index contributed by atoms with van der Waals surface area (Å²) < 4.78 is 5.33. The molecule has 2 aromatic heterocycles. The summed E-state index contributed by atoms with van der Waals surface area (Å²) >= 11 is 3.43. The minimum Gasteiger partial charge on any atom is -0.480 e. The van der Waals surface area contributed by atoms with Crippen molar-refractivity contribution in [3.05, 3.63) is 27.3 Å². The predicted molar refractivity (Wildman–Crippen MR) is 82.6 cm³/mol. The van der Waals surface area contributed by atoms with Crippen LogP contribution in [0.3, 0.4) is 0 Å². The quantitative estimate of drug-likeness (QED) is 0.889. The third-order valence-electron chi connectivity index (χ3n) is 2.76. The van der Waals surface area contributed by atoms with Crippen molar-refractivity contribution >= 4 is 27.8 Å². The molecule has 2 aromatic rings. The van der Waals surface area contributed by atoms with Crippen LogP contribution in [0, 0.1) is 0 Å². The first-order valence-electron chi connectivity index (χ1n) is 6.09. The van der Waals surface area contributed by atoms with E-state index in [0.717, 1.165) is 22.4 Å². The second-order valence-electron chi connectivity index (χ2n) is 4.44. The second-order valence-corrected chi connectivity index (χ2v) is 6.48. The van der Waals surface area contributed by atoms with Gasteiger partial charge in [0.2, 0.25) is 5.88 Å². The zero-order valence-corrected chi connectivity index (χ0v) is 13.3. The summed E-state index contributed by atoms with van der Waals surface area (Å²) in [6.45, 7) is 2.94. The average Bonchev–Trinajstić information content (AvgIpc) is 3.04. The molecule has 6 heteroatoms. The van der Waals surface area contributed by atoms with E-state index in [-0.39, 0.29) is 0 Å². The molecule has 0 saturated carbocycles. The van der Waals surface area contributed by atoms with E-state index in [4.69, 9.17) is 4.74 Å². The third kappa shape index (κ3) is 3.46. The third-order valence-corrected chi connectivity index (χ3v) is 5.02. The molecule has 0 saturated heterocycles. The summed E-state index contributed by atoms with van der Waals surface area (Å²) in [6, 6.07) is 4.57. The Kier molecular flexibility index (Phi) is 4.79. The minimum atomic E-state index is 0.342. The number of hydrogen-bond acceptors (Lipinski definition) is 6. The van der Waals surface area contributed by atoms with Gasteiger partial charge in [-0.1, -0.05) is 17.4 Å². The predicted octanol–water partition coefficient (Wildman–Crippen LogP) is 3.13. The molecule has 2 rings (SSSR count). The lowest BCUT2D eigenvalue weighted by atomic mass is 10.3. The lowest BCUT2D eigenvalue weighted by Crippen LogP contribution is -2.16. The van der Waals surface area contributed by atoms with Gasteiger partial charge in [0.25, 0.3) is 0 Å². The van der Waals surface area contributed by atoms with Gasteiger partial charge >= 0.3 is 0 Å². The molecule has 19 heavy (non-hydrogen) atoms. The van der Waals surface area contributed by atoms with E-state index in [0.29, 0.717) is 6.04 Å². The number of thiazole rings is 1. The Balaban J connectivity index is 2.02. The fourth-order valence-electron chi connectivity index (χ4n) is 1.67. The zero-order chi connectivity index (χ0) is 13.8. The van der Waals surface area contributed by atoms with Crippen LogP contribution in [0.4, 0.5) is 5.13 Å². The van der Waals surface area contributed by atoms with E-state index in [1.54, 1.807) is 29.8 Å². The molecular weight excluding hydrogens is 278 g/mol. The number of hydrogen-bond donors (Lipinski definition) is 1. The summed E-state index contributed by atoms with van der Waals surface area (Å²) in [6.07, 6.45) is 0. The molecular formula is C13H19N3OS2. The van der Waals surface area contributed by atoms with Gasteiger partial charge in [-0.25, -0.2) is 0 Å². The van der Waals surface area contributed by atoms with Crippen molar-refractivity contribution in [2.45, 2.75) is 19.5 Å². The van der Waals surface area contributed by atoms with Crippen LogP contribution < -0.4 is 15.0 Å². The average molecular weight is 297 g/mol. The molecule has 1 atom stereocenters. The molecule has 0 radical (unpaired) electrons. The number of rotatable bonds is 6. The molecule has 0 aliphatic carbocycles. The van der Waals surface area contributed by atoms with Crippen molar-refractivity contribution in [2.75, 3.05) is 26.1 Å². The smallest absolute Gasteiger partial charge is 0.230 e. The summed E-state index contributed by atoms with van der Waals surface area (Å²) in [4.78, 5) is 8.93. The Morgan fingerprint density at radius 1 is 1.47 bits per heavy atom. The van der Waals surface area contributed by atoms with Crippen molar-refractivity contribution in [2.24, 2.45) is 0 Å². The molecule has 0 aliphatic rings. The number of thiophene rings is 1. The minimum absolute atomic E-state index is 0.342. The Hall–Kier alpha value is -1.11. The number of methoxy groups -OCH3 is 1. The number of aromatic nitrogens is 1. The molecule has 1 N–H and O–H groups in total.